The van der Waals surface area contributed by atoms with E-state index in [-0.39, 0.29) is 0 Å². The Labute approximate surface area is 56.7 Å². The first kappa shape index (κ1) is 8.21. The highest BCUT2D eigenvalue weighted by Gasteiger charge is 1.86. The van der Waals surface area contributed by atoms with Crippen LogP contribution < -0.4 is 5.32 Å². The van der Waals surface area contributed by atoms with E-state index in [9.17, 15) is 0 Å². The minimum Gasteiger partial charge on any atom is -0.391 e. The van der Waals surface area contributed by atoms with Crippen LogP contribution in [0.2, 0.25) is 0 Å². The number of hydrogen-bond acceptors (Lipinski definition) is 2. The summed E-state index contributed by atoms with van der Waals surface area (Å²) in [5, 5.41) is 3.04. The van der Waals surface area contributed by atoms with Crippen LogP contribution in [-0.4, -0.2) is 20.3 Å². The van der Waals surface area contributed by atoms with Crippen LogP contribution in [0.25, 0.3) is 0 Å². The molecule has 52 valence electrons. The Bertz CT molecular complexity index is 134. The largest absolute Gasteiger partial charge is 0.391 e. The first-order valence-electron chi connectivity index (χ1n) is 2.99. The zero-order valence-corrected chi connectivity index (χ0v) is 6.52. The normalized spacial score (nSPS) is 13.8. The minimum atomic E-state index is 1.17. The molecule has 0 saturated carbocycles. The van der Waals surface area contributed by atoms with Crippen LogP contribution in [0.3, 0.4) is 0 Å². The predicted molar refractivity (Wildman–Crippen MR) is 41.8 cm³/mol. The van der Waals surface area contributed by atoms with E-state index in [1.165, 1.54) is 11.3 Å². The van der Waals surface area contributed by atoms with Gasteiger partial charge in [-0.05, 0) is 19.4 Å². The number of hydrogen-bond donors (Lipinski definition) is 1. The fourth-order valence-electron chi connectivity index (χ4n) is 0.488. The van der Waals surface area contributed by atoms with Gasteiger partial charge >= 0.3 is 0 Å². The van der Waals surface area contributed by atoms with Crippen LogP contribution in [0.15, 0.2) is 16.3 Å². The van der Waals surface area contributed by atoms with Crippen LogP contribution in [0, 0.1) is 0 Å². The van der Waals surface area contributed by atoms with Crippen LogP contribution in [0.1, 0.15) is 13.8 Å². The molecule has 0 aliphatic carbocycles. The standard InChI is InChI=1S/C7H14N2/c1-6(5-8-3)7(2)9-4/h5,9H,1-4H3/b7-6+,8-5-. The summed E-state index contributed by atoms with van der Waals surface area (Å²) in [4.78, 5) is 3.88. The fourth-order valence-corrected chi connectivity index (χ4v) is 0.488. The Morgan fingerprint density at radius 1 is 1.44 bits per heavy atom. The molecule has 0 spiro atoms. The fraction of sp³-hybridized carbons (Fsp3) is 0.571. The highest BCUT2D eigenvalue weighted by atomic mass is 14.8. The lowest BCUT2D eigenvalue weighted by molar-refractivity contribution is 0.975. The lowest BCUT2D eigenvalue weighted by Crippen LogP contribution is -2.04. The van der Waals surface area contributed by atoms with E-state index in [0.29, 0.717) is 0 Å². The van der Waals surface area contributed by atoms with Gasteiger partial charge in [0.1, 0.15) is 0 Å². The Hall–Kier alpha value is -0.790. The molecule has 9 heavy (non-hydrogen) atoms. The van der Waals surface area contributed by atoms with Gasteiger partial charge in [0.15, 0.2) is 0 Å². The Morgan fingerprint density at radius 3 is 2.33 bits per heavy atom. The first-order valence-corrected chi connectivity index (χ1v) is 2.99. The summed E-state index contributed by atoms with van der Waals surface area (Å²) in [5.74, 6) is 0. The maximum atomic E-state index is 3.88. The van der Waals surface area contributed by atoms with Gasteiger partial charge in [-0.3, -0.25) is 4.99 Å². The topological polar surface area (TPSA) is 24.4 Å². The van der Waals surface area contributed by atoms with Gasteiger partial charge < -0.3 is 5.32 Å². The summed E-state index contributed by atoms with van der Waals surface area (Å²) in [6.07, 6.45) is 1.84. The first-order chi connectivity index (χ1) is 4.22. The molecule has 2 heteroatoms. The molecule has 0 rings (SSSR count). The zero-order valence-electron chi connectivity index (χ0n) is 6.52. The second-order valence-electron chi connectivity index (χ2n) is 1.95. The minimum absolute atomic E-state index is 1.17. The van der Waals surface area contributed by atoms with Gasteiger partial charge in [0.25, 0.3) is 0 Å². The molecule has 0 fully saturated rings. The van der Waals surface area contributed by atoms with Crippen molar-refractivity contribution in [3.63, 3.8) is 0 Å². The summed E-state index contributed by atoms with van der Waals surface area (Å²) in [6, 6.07) is 0. The molecule has 0 saturated heterocycles. The van der Waals surface area contributed by atoms with Gasteiger partial charge in [-0.1, -0.05) is 0 Å². The molecular weight excluding hydrogens is 112 g/mol. The average molecular weight is 126 g/mol. The molecule has 0 aromatic heterocycles. The van der Waals surface area contributed by atoms with E-state index in [4.69, 9.17) is 0 Å². The number of nitrogens with zero attached hydrogens (tertiary/aromatic N) is 1. The molecule has 0 aliphatic rings. The Balaban J connectivity index is 4.10. The number of allylic oxidation sites excluding steroid dienone is 2. The van der Waals surface area contributed by atoms with Crippen LogP contribution in [0.4, 0.5) is 0 Å². The van der Waals surface area contributed by atoms with Gasteiger partial charge in [-0.15, -0.1) is 0 Å². The van der Waals surface area contributed by atoms with Gasteiger partial charge in [0.2, 0.25) is 0 Å². The van der Waals surface area contributed by atoms with Crippen molar-refractivity contribution < 1.29 is 0 Å². The highest BCUT2D eigenvalue weighted by molar-refractivity contribution is 5.78. The van der Waals surface area contributed by atoms with Crippen LogP contribution in [0.5, 0.6) is 0 Å². The Kier molecular flexibility index (Phi) is 3.76. The summed E-state index contributed by atoms with van der Waals surface area (Å²) in [7, 11) is 3.68. The third-order valence-corrected chi connectivity index (χ3v) is 1.29. The molecule has 0 aromatic carbocycles. The zero-order chi connectivity index (χ0) is 7.28. The van der Waals surface area contributed by atoms with Crippen molar-refractivity contribution in [3.8, 4) is 0 Å². The van der Waals surface area contributed by atoms with Crippen LogP contribution in [-0.2, 0) is 0 Å². The number of aliphatic imine (C=N–C) groups is 1. The van der Waals surface area contributed by atoms with E-state index < -0.39 is 0 Å². The second kappa shape index (κ2) is 4.13. The molecule has 0 atom stereocenters. The third-order valence-electron chi connectivity index (χ3n) is 1.29. The lowest BCUT2D eigenvalue weighted by Gasteiger charge is -1.99. The molecule has 1 N–H and O–H groups in total. The third kappa shape index (κ3) is 2.90. The van der Waals surface area contributed by atoms with Gasteiger partial charge in [0, 0.05) is 26.0 Å². The maximum Gasteiger partial charge on any atom is 0.0277 e. The maximum absolute atomic E-state index is 3.88. The molecule has 0 amide bonds. The lowest BCUT2D eigenvalue weighted by atomic mass is 10.3. The molecule has 2 nitrogen and oxygen atoms in total. The number of nitrogens with one attached hydrogen (secondary N) is 1. The molecular formula is C7H14N2. The van der Waals surface area contributed by atoms with Crippen molar-refractivity contribution in [3.05, 3.63) is 11.3 Å². The predicted octanol–water partition coefficient (Wildman–Crippen LogP) is 1.20. The molecule has 0 aliphatic heterocycles. The molecule has 0 bridgehead atoms. The molecule has 0 unspecified atom stereocenters. The monoisotopic (exact) mass is 126 g/mol. The van der Waals surface area contributed by atoms with E-state index >= 15 is 0 Å². The van der Waals surface area contributed by atoms with Gasteiger partial charge in [-0.25, -0.2) is 0 Å². The van der Waals surface area contributed by atoms with E-state index in [1.54, 1.807) is 7.05 Å². The molecule has 0 radical (unpaired) electrons. The van der Waals surface area contributed by atoms with Crippen molar-refractivity contribution in [2.75, 3.05) is 14.1 Å². The van der Waals surface area contributed by atoms with E-state index in [2.05, 4.69) is 10.3 Å². The van der Waals surface area contributed by atoms with Crippen LogP contribution >= 0.6 is 0 Å². The summed E-state index contributed by atoms with van der Waals surface area (Å²) < 4.78 is 0. The van der Waals surface area contributed by atoms with Crippen molar-refractivity contribution in [1.29, 1.82) is 0 Å². The SMILES string of the molecule is C/N=C\C(C)=C(/C)NC. The summed E-state index contributed by atoms with van der Waals surface area (Å²) in [5.41, 5.74) is 2.35. The second-order valence-corrected chi connectivity index (χ2v) is 1.95. The highest BCUT2D eigenvalue weighted by Crippen LogP contribution is 1.93. The summed E-state index contributed by atoms with van der Waals surface area (Å²) >= 11 is 0. The number of rotatable bonds is 2. The molecule has 0 aromatic rings. The van der Waals surface area contributed by atoms with Gasteiger partial charge in [-0.2, -0.15) is 0 Å². The van der Waals surface area contributed by atoms with Crippen molar-refractivity contribution in [2.24, 2.45) is 4.99 Å². The van der Waals surface area contributed by atoms with E-state index in [0.717, 1.165) is 0 Å². The van der Waals surface area contributed by atoms with Crippen molar-refractivity contribution >= 4 is 6.21 Å². The average Bonchev–Trinajstić information content (AvgIpc) is 1.87. The quantitative estimate of drug-likeness (QED) is 0.552. The van der Waals surface area contributed by atoms with Crippen molar-refractivity contribution in [2.45, 2.75) is 13.8 Å². The van der Waals surface area contributed by atoms with Gasteiger partial charge in [0.05, 0.1) is 0 Å². The Morgan fingerprint density at radius 2 is 2.00 bits per heavy atom. The summed E-state index contributed by atoms with van der Waals surface area (Å²) in [6.45, 7) is 4.05. The van der Waals surface area contributed by atoms with Crippen molar-refractivity contribution in [1.82, 2.24) is 5.32 Å². The van der Waals surface area contributed by atoms with E-state index in [1.807, 2.05) is 27.1 Å². The smallest absolute Gasteiger partial charge is 0.0277 e. The molecule has 0 heterocycles.